The second-order valence-electron chi connectivity index (χ2n) is 4.16. The number of benzene rings is 2. The smallest absolute Gasteiger partial charge is 0.0724 e. The highest BCUT2D eigenvalue weighted by atomic mass is 79.9. The standard InChI is InChI=1S/C14H11Br2Cl2N/c1-8(9-2-4-10(15)5-3-9)19-14-12(17)6-11(16)7-13(14)18/h2-8,19H,1H3. The van der Waals surface area contributed by atoms with Gasteiger partial charge in [-0.05, 0) is 36.8 Å². The Morgan fingerprint density at radius 2 is 1.47 bits per heavy atom. The number of hydrogen-bond donors (Lipinski definition) is 1. The Hall–Kier alpha value is -0.220. The van der Waals surface area contributed by atoms with Crippen LogP contribution in [0.25, 0.3) is 0 Å². The molecule has 0 aromatic heterocycles. The molecule has 2 aromatic carbocycles. The monoisotopic (exact) mass is 421 g/mol. The fraction of sp³-hybridized carbons (Fsp3) is 0.143. The van der Waals surface area contributed by atoms with Crippen LogP contribution in [-0.4, -0.2) is 0 Å². The molecule has 5 heteroatoms. The summed E-state index contributed by atoms with van der Waals surface area (Å²) in [6.45, 7) is 2.07. The highest BCUT2D eigenvalue weighted by Gasteiger charge is 2.11. The van der Waals surface area contributed by atoms with Crippen LogP contribution in [0.3, 0.4) is 0 Å². The van der Waals surface area contributed by atoms with Crippen molar-refractivity contribution in [2.75, 3.05) is 5.32 Å². The summed E-state index contributed by atoms with van der Waals surface area (Å²) in [6, 6.07) is 11.9. The van der Waals surface area contributed by atoms with E-state index in [-0.39, 0.29) is 6.04 Å². The fourth-order valence-corrected chi connectivity index (χ4v) is 3.31. The van der Waals surface area contributed by atoms with Crippen molar-refractivity contribution in [1.82, 2.24) is 0 Å². The summed E-state index contributed by atoms with van der Waals surface area (Å²) in [5, 5.41) is 4.54. The van der Waals surface area contributed by atoms with Gasteiger partial charge in [0, 0.05) is 15.0 Å². The Kier molecular flexibility index (Phi) is 5.18. The molecule has 0 spiro atoms. The molecule has 1 atom stereocenters. The van der Waals surface area contributed by atoms with E-state index in [9.17, 15) is 0 Å². The molecule has 0 aliphatic rings. The summed E-state index contributed by atoms with van der Waals surface area (Å²) in [6.07, 6.45) is 0. The summed E-state index contributed by atoms with van der Waals surface area (Å²) in [5.41, 5.74) is 1.92. The molecule has 0 aliphatic carbocycles. The molecule has 0 heterocycles. The molecule has 0 saturated carbocycles. The third-order valence-corrected chi connectivity index (χ3v) is 4.32. The van der Waals surface area contributed by atoms with E-state index in [1.807, 2.05) is 24.3 Å². The van der Waals surface area contributed by atoms with E-state index in [0.717, 1.165) is 14.6 Å². The molecule has 1 N–H and O–H groups in total. The number of rotatable bonds is 3. The highest BCUT2D eigenvalue weighted by molar-refractivity contribution is 9.10. The van der Waals surface area contributed by atoms with Gasteiger partial charge in [-0.2, -0.15) is 0 Å². The molecule has 2 rings (SSSR count). The SMILES string of the molecule is CC(Nc1c(Cl)cc(Br)cc1Cl)c1ccc(Br)cc1. The van der Waals surface area contributed by atoms with Crippen LogP contribution in [0.4, 0.5) is 5.69 Å². The minimum absolute atomic E-state index is 0.115. The van der Waals surface area contributed by atoms with Crippen LogP contribution in [0.1, 0.15) is 18.5 Å². The van der Waals surface area contributed by atoms with Crippen molar-refractivity contribution in [1.29, 1.82) is 0 Å². The highest BCUT2D eigenvalue weighted by Crippen LogP contribution is 2.36. The lowest BCUT2D eigenvalue weighted by molar-refractivity contribution is 0.884. The number of anilines is 1. The summed E-state index contributed by atoms with van der Waals surface area (Å²) in [7, 11) is 0. The maximum atomic E-state index is 6.21. The van der Waals surface area contributed by atoms with Crippen LogP contribution in [0.5, 0.6) is 0 Å². The van der Waals surface area contributed by atoms with Crippen molar-refractivity contribution >= 4 is 60.7 Å². The molecule has 19 heavy (non-hydrogen) atoms. The lowest BCUT2D eigenvalue weighted by Gasteiger charge is -2.18. The first kappa shape index (κ1) is 15.2. The molecule has 1 nitrogen and oxygen atoms in total. The van der Waals surface area contributed by atoms with Gasteiger partial charge in [-0.25, -0.2) is 0 Å². The van der Waals surface area contributed by atoms with Crippen LogP contribution in [0.2, 0.25) is 10.0 Å². The first-order valence-electron chi connectivity index (χ1n) is 5.64. The Morgan fingerprint density at radius 3 is 2.00 bits per heavy atom. The van der Waals surface area contributed by atoms with Crippen molar-refractivity contribution in [2.24, 2.45) is 0 Å². The van der Waals surface area contributed by atoms with Crippen molar-refractivity contribution in [3.05, 3.63) is 61.0 Å². The molecule has 0 amide bonds. The zero-order chi connectivity index (χ0) is 14.0. The normalized spacial score (nSPS) is 12.3. The van der Waals surface area contributed by atoms with Gasteiger partial charge in [0.1, 0.15) is 0 Å². The van der Waals surface area contributed by atoms with Crippen LogP contribution in [-0.2, 0) is 0 Å². The van der Waals surface area contributed by atoms with Crippen LogP contribution < -0.4 is 5.32 Å². The van der Waals surface area contributed by atoms with E-state index in [4.69, 9.17) is 23.2 Å². The number of nitrogens with one attached hydrogen (secondary N) is 1. The third-order valence-electron chi connectivity index (χ3n) is 2.74. The summed E-state index contributed by atoms with van der Waals surface area (Å²) >= 11 is 19.2. The second-order valence-corrected chi connectivity index (χ2v) is 6.81. The van der Waals surface area contributed by atoms with E-state index in [1.54, 1.807) is 0 Å². The predicted octanol–water partition coefficient (Wildman–Crippen LogP) is 6.69. The average Bonchev–Trinajstić information content (AvgIpc) is 2.34. The van der Waals surface area contributed by atoms with Gasteiger partial charge in [-0.1, -0.05) is 67.2 Å². The first-order valence-corrected chi connectivity index (χ1v) is 7.98. The minimum atomic E-state index is 0.115. The van der Waals surface area contributed by atoms with E-state index in [2.05, 4.69) is 56.2 Å². The molecular weight excluding hydrogens is 413 g/mol. The molecule has 1 unspecified atom stereocenters. The van der Waals surface area contributed by atoms with Gasteiger partial charge in [0.25, 0.3) is 0 Å². The van der Waals surface area contributed by atoms with E-state index >= 15 is 0 Å². The maximum Gasteiger partial charge on any atom is 0.0724 e. The lowest BCUT2D eigenvalue weighted by atomic mass is 10.1. The summed E-state index contributed by atoms with van der Waals surface area (Å²) in [5.74, 6) is 0. The fourth-order valence-electron chi connectivity index (χ4n) is 1.73. The van der Waals surface area contributed by atoms with Gasteiger partial charge in [0.15, 0.2) is 0 Å². The van der Waals surface area contributed by atoms with Crippen molar-refractivity contribution in [2.45, 2.75) is 13.0 Å². The Morgan fingerprint density at radius 1 is 0.947 bits per heavy atom. The van der Waals surface area contributed by atoms with Gasteiger partial charge in [-0.3, -0.25) is 0 Å². The third kappa shape index (κ3) is 3.88. The zero-order valence-corrected chi connectivity index (χ0v) is 14.7. The van der Waals surface area contributed by atoms with Crippen LogP contribution >= 0.6 is 55.1 Å². The van der Waals surface area contributed by atoms with Gasteiger partial charge in [0.2, 0.25) is 0 Å². The Balaban J connectivity index is 2.24. The largest absolute Gasteiger partial charge is 0.376 e. The van der Waals surface area contributed by atoms with Gasteiger partial charge < -0.3 is 5.32 Å². The molecule has 100 valence electrons. The minimum Gasteiger partial charge on any atom is -0.376 e. The molecule has 0 fully saturated rings. The lowest BCUT2D eigenvalue weighted by Crippen LogP contribution is -2.07. The Labute approximate surface area is 139 Å². The van der Waals surface area contributed by atoms with Gasteiger partial charge >= 0.3 is 0 Å². The van der Waals surface area contributed by atoms with Gasteiger partial charge in [-0.15, -0.1) is 0 Å². The van der Waals surface area contributed by atoms with E-state index < -0.39 is 0 Å². The molecule has 2 aromatic rings. The first-order chi connectivity index (χ1) is 8.97. The molecule has 0 radical (unpaired) electrons. The zero-order valence-electron chi connectivity index (χ0n) is 10.1. The van der Waals surface area contributed by atoms with Crippen LogP contribution in [0.15, 0.2) is 45.3 Å². The van der Waals surface area contributed by atoms with Crippen molar-refractivity contribution in [3.63, 3.8) is 0 Å². The second kappa shape index (κ2) is 6.49. The number of hydrogen-bond acceptors (Lipinski definition) is 1. The number of halogens is 4. The molecule has 0 aliphatic heterocycles. The summed E-state index contributed by atoms with van der Waals surface area (Å²) < 4.78 is 1.92. The molecule has 0 saturated heterocycles. The van der Waals surface area contributed by atoms with Crippen molar-refractivity contribution in [3.8, 4) is 0 Å². The average molecular weight is 424 g/mol. The van der Waals surface area contributed by atoms with Gasteiger partial charge in [0.05, 0.1) is 15.7 Å². The van der Waals surface area contributed by atoms with E-state index in [1.165, 1.54) is 5.56 Å². The maximum absolute atomic E-state index is 6.21. The quantitative estimate of drug-likeness (QED) is 0.579. The molecular formula is C14H11Br2Cl2N. The Bertz CT molecular complexity index is 561. The van der Waals surface area contributed by atoms with E-state index in [0.29, 0.717) is 10.0 Å². The molecule has 0 bridgehead atoms. The van der Waals surface area contributed by atoms with Crippen molar-refractivity contribution < 1.29 is 0 Å². The summed E-state index contributed by atoms with van der Waals surface area (Å²) in [4.78, 5) is 0. The van der Waals surface area contributed by atoms with Crippen LogP contribution in [0, 0.1) is 0 Å². The topological polar surface area (TPSA) is 12.0 Å². The predicted molar refractivity (Wildman–Crippen MR) is 90.3 cm³/mol.